The first-order valence-corrected chi connectivity index (χ1v) is 7.11. The Labute approximate surface area is 143 Å². The Bertz CT molecular complexity index is 1020. The topological polar surface area (TPSA) is 88.9 Å². The van der Waals surface area contributed by atoms with Gasteiger partial charge in [-0.2, -0.15) is 5.26 Å². The molecule has 2 aromatic heterocycles. The quantitative estimate of drug-likeness (QED) is 0.927. The summed E-state index contributed by atoms with van der Waals surface area (Å²) in [6.07, 6.45) is -1.62. The van der Waals surface area contributed by atoms with E-state index < -0.39 is 24.2 Å². The van der Waals surface area contributed by atoms with Crippen molar-refractivity contribution < 1.29 is 13.0 Å². The zero-order valence-corrected chi connectivity index (χ0v) is 12.8. The average molecular weight is 318 g/mol. The van der Waals surface area contributed by atoms with Crippen molar-refractivity contribution in [2.24, 2.45) is 5.89 Å². The number of rotatable bonds is 3. The van der Waals surface area contributed by atoms with Crippen LogP contribution in [-0.2, 0) is 4.79 Å². The van der Waals surface area contributed by atoms with Crippen molar-refractivity contribution in [1.29, 1.82) is 5.26 Å². The molecule has 2 atom stereocenters. The summed E-state index contributed by atoms with van der Waals surface area (Å²) < 4.78 is 48.8. The van der Waals surface area contributed by atoms with Gasteiger partial charge in [-0.25, -0.2) is 9.97 Å². The molecule has 3 heterocycles. The largest absolute Gasteiger partial charge is 0.354 e. The first-order chi connectivity index (χ1) is 13.3. The van der Waals surface area contributed by atoms with Gasteiger partial charge in [-0.05, 0) is 18.4 Å². The molecule has 120 valence electrons. The van der Waals surface area contributed by atoms with Gasteiger partial charge in [-0.15, -0.1) is 0 Å². The predicted molar refractivity (Wildman–Crippen MR) is 86.7 cm³/mol. The monoisotopic (exact) mass is 318 g/mol. The van der Waals surface area contributed by atoms with Crippen molar-refractivity contribution in [3.05, 3.63) is 18.5 Å². The highest BCUT2D eigenvalue weighted by Crippen LogP contribution is 2.28. The number of likely N-dealkylation sites (tertiary alicyclic amines) is 1. The SMILES string of the molecule is [2H]c1nc(N(C)[C@@]2([2H])CN(C(=O)C([2H])([2H])C#N)CC[C@@]2([2H])C)c2c([2H])c[nH]c2n1. The van der Waals surface area contributed by atoms with Crippen molar-refractivity contribution in [2.45, 2.75) is 25.7 Å². The number of anilines is 1. The predicted octanol–water partition coefficient (Wildman–Crippen LogP) is 1.54. The van der Waals surface area contributed by atoms with Crippen LogP contribution in [0.15, 0.2) is 18.5 Å². The fourth-order valence-electron chi connectivity index (χ4n) is 2.66. The Kier molecular flexibility index (Phi) is 2.58. The van der Waals surface area contributed by atoms with Crippen LogP contribution in [-0.4, -0.2) is 51.9 Å². The number of carbonyl (C=O) groups is 1. The van der Waals surface area contributed by atoms with Crippen molar-refractivity contribution in [3.63, 3.8) is 0 Å². The van der Waals surface area contributed by atoms with Crippen molar-refractivity contribution in [1.82, 2.24) is 19.9 Å². The number of nitriles is 1. The molecule has 0 aliphatic carbocycles. The van der Waals surface area contributed by atoms with Gasteiger partial charge >= 0.3 is 0 Å². The lowest BCUT2D eigenvalue weighted by Crippen LogP contribution is -2.52. The van der Waals surface area contributed by atoms with E-state index in [-0.39, 0.29) is 48.7 Å². The number of likely N-dealkylation sites (N-methyl/N-ethyl adjacent to an activating group) is 1. The van der Waals surface area contributed by atoms with Gasteiger partial charge in [0.2, 0.25) is 5.91 Å². The third kappa shape index (κ3) is 2.84. The molecule has 0 saturated carbocycles. The second-order valence-corrected chi connectivity index (χ2v) is 5.30. The third-order valence-electron chi connectivity index (χ3n) is 3.97. The molecule has 1 amide bonds. The van der Waals surface area contributed by atoms with E-state index in [9.17, 15) is 4.79 Å². The highest BCUT2D eigenvalue weighted by Gasteiger charge is 2.32. The Morgan fingerprint density at radius 2 is 2.57 bits per heavy atom. The first-order valence-electron chi connectivity index (χ1n) is 10.1. The minimum Gasteiger partial charge on any atom is -0.354 e. The van der Waals surface area contributed by atoms with E-state index in [1.165, 1.54) is 31.1 Å². The zero-order valence-electron chi connectivity index (χ0n) is 18.8. The molecule has 0 bridgehead atoms. The van der Waals surface area contributed by atoms with Crippen LogP contribution in [0.2, 0.25) is 0 Å². The lowest BCUT2D eigenvalue weighted by molar-refractivity contribution is -0.131. The van der Waals surface area contributed by atoms with Gasteiger partial charge in [-0.1, -0.05) is 6.92 Å². The smallest absolute Gasteiger partial charge is 0.236 e. The Balaban J connectivity index is 2.08. The van der Waals surface area contributed by atoms with E-state index in [1.807, 2.05) is 0 Å². The van der Waals surface area contributed by atoms with Gasteiger partial charge in [0.15, 0.2) is 0 Å². The van der Waals surface area contributed by atoms with E-state index in [0.29, 0.717) is 0 Å². The number of aromatic nitrogens is 3. The fourth-order valence-corrected chi connectivity index (χ4v) is 2.66. The van der Waals surface area contributed by atoms with Gasteiger partial charge in [0.1, 0.15) is 25.5 Å². The molecule has 1 saturated heterocycles. The number of nitrogens with zero attached hydrogens (tertiary/aromatic N) is 5. The number of piperidine rings is 1. The number of fused-ring (bicyclic) bond motifs is 1. The lowest BCUT2D eigenvalue weighted by atomic mass is 9.92. The van der Waals surface area contributed by atoms with Gasteiger partial charge in [-0.3, -0.25) is 4.79 Å². The maximum Gasteiger partial charge on any atom is 0.236 e. The number of amides is 1. The summed E-state index contributed by atoms with van der Waals surface area (Å²) in [5.74, 6) is -2.36. The number of H-pyrrole nitrogens is 1. The van der Waals surface area contributed by atoms with Gasteiger partial charge < -0.3 is 14.8 Å². The number of hydrogen-bond donors (Lipinski definition) is 1. The van der Waals surface area contributed by atoms with Crippen LogP contribution in [0.4, 0.5) is 5.82 Å². The molecule has 1 aliphatic rings. The third-order valence-corrected chi connectivity index (χ3v) is 3.97. The van der Waals surface area contributed by atoms with Gasteiger partial charge in [0.25, 0.3) is 0 Å². The standard InChI is InChI=1S/C16H20N6O/c1-11-5-8-22(14(23)3-6-17)9-13(11)21(2)16-12-4-7-18-15(12)19-10-20-16/h4,7,10-11,13H,3,5,8-9H2,1-2H3,(H,18,19,20)/t11-,13+/m1/s1/i3D2,4D,10D,11D,13D. The summed E-state index contributed by atoms with van der Waals surface area (Å²) >= 11 is 0. The molecular formula is C16H20N6O. The fraction of sp³-hybridized carbons (Fsp3) is 0.500. The molecule has 1 N–H and O–H groups in total. The maximum atomic E-state index is 12.5. The molecule has 1 fully saturated rings. The Morgan fingerprint density at radius 1 is 1.74 bits per heavy atom. The van der Waals surface area contributed by atoms with Crippen LogP contribution in [0.1, 0.15) is 27.9 Å². The molecule has 23 heavy (non-hydrogen) atoms. The normalized spacial score (nSPS) is 32.0. The molecule has 0 aromatic carbocycles. The lowest BCUT2D eigenvalue weighted by Gasteiger charge is -2.42. The van der Waals surface area contributed by atoms with Crippen LogP contribution in [0.3, 0.4) is 0 Å². The van der Waals surface area contributed by atoms with Crippen molar-refractivity contribution >= 4 is 22.8 Å². The van der Waals surface area contributed by atoms with Crippen LogP contribution in [0, 0.1) is 17.2 Å². The zero-order chi connectivity index (χ0) is 21.8. The Morgan fingerprint density at radius 3 is 3.35 bits per heavy atom. The second-order valence-electron chi connectivity index (χ2n) is 5.30. The molecule has 1 aliphatic heterocycles. The molecule has 7 heteroatoms. The van der Waals surface area contributed by atoms with Crippen molar-refractivity contribution in [2.75, 3.05) is 25.0 Å². The molecule has 7 nitrogen and oxygen atoms in total. The average Bonchev–Trinajstić information content (AvgIpc) is 3.02. The van der Waals surface area contributed by atoms with Crippen LogP contribution in [0.5, 0.6) is 0 Å². The highest BCUT2D eigenvalue weighted by atomic mass is 16.2. The second kappa shape index (κ2) is 6.24. The minimum absolute atomic E-state index is 0.0330. The van der Waals surface area contributed by atoms with Crippen LogP contribution in [0.25, 0.3) is 11.0 Å². The van der Waals surface area contributed by atoms with Crippen molar-refractivity contribution in [3.8, 4) is 6.07 Å². The summed E-state index contributed by atoms with van der Waals surface area (Å²) in [6, 6.07) is -0.402. The van der Waals surface area contributed by atoms with E-state index in [4.69, 9.17) is 13.5 Å². The molecule has 0 unspecified atom stereocenters. The molecule has 0 spiro atoms. The number of nitrogens with one attached hydrogen (secondary N) is 1. The number of hydrogen-bond acceptors (Lipinski definition) is 5. The highest BCUT2D eigenvalue weighted by molar-refractivity contribution is 5.87. The van der Waals surface area contributed by atoms with E-state index in [1.54, 1.807) is 0 Å². The van der Waals surface area contributed by atoms with Crippen LogP contribution < -0.4 is 4.90 Å². The van der Waals surface area contributed by atoms with E-state index in [2.05, 4.69) is 15.0 Å². The maximum absolute atomic E-state index is 12.5. The molecule has 0 radical (unpaired) electrons. The molecule has 3 rings (SSSR count). The summed E-state index contributed by atoms with van der Waals surface area (Å²) in [5.41, 5.74) is 0.247. The molecule has 2 aromatic rings. The summed E-state index contributed by atoms with van der Waals surface area (Å²) in [6.45, 7) is 1.22. The minimum atomic E-state index is -2.74. The van der Waals surface area contributed by atoms with E-state index >= 15 is 0 Å². The summed E-state index contributed by atoms with van der Waals surface area (Å²) in [7, 11) is 1.49. The Hall–Kier alpha value is -2.62. The summed E-state index contributed by atoms with van der Waals surface area (Å²) in [4.78, 5) is 25.6. The van der Waals surface area contributed by atoms with E-state index in [0.717, 1.165) is 4.90 Å². The summed E-state index contributed by atoms with van der Waals surface area (Å²) in [5, 5.41) is 9.22. The first kappa shape index (κ1) is 9.50. The van der Waals surface area contributed by atoms with Gasteiger partial charge in [0, 0.05) is 27.7 Å². The molecular weight excluding hydrogens is 292 g/mol. The van der Waals surface area contributed by atoms with Gasteiger partial charge in [0.05, 0.1) is 23.0 Å². The van der Waals surface area contributed by atoms with Crippen LogP contribution >= 0.6 is 0 Å². The number of carbonyl (C=O) groups excluding carboxylic acids is 1. The number of aromatic amines is 1.